The number of nitrogens with zero attached hydrogens (tertiary/aromatic N) is 2. The number of hydrogen-bond donors (Lipinski definition) is 1. The highest BCUT2D eigenvalue weighted by atomic mass is 79.9. The monoisotopic (exact) mass is 493 g/mol. The molecule has 1 N–H and O–H groups in total. The summed E-state index contributed by atoms with van der Waals surface area (Å²) in [5.74, 6) is 0.160. The van der Waals surface area contributed by atoms with E-state index in [0.717, 1.165) is 6.07 Å². The number of rotatable bonds is 8. The molecule has 0 unspecified atom stereocenters. The summed E-state index contributed by atoms with van der Waals surface area (Å²) in [5.41, 5.74) is -0.196. The number of nitrogens with one attached hydrogen (secondary N) is 1. The number of anilines is 1. The Morgan fingerprint density at radius 2 is 2.00 bits per heavy atom. The molecular weight excluding hydrogens is 478 g/mol. The van der Waals surface area contributed by atoms with E-state index in [-0.39, 0.29) is 22.0 Å². The lowest BCUT2D eigenvalue weighted by Gasteiger charge is -2.13. The van der Waals surface area contributed by atoms with Crippen molar-refractivity contribution in [2.75, 3.05) is 18.5 Å². The molecule has 0 aliphatic rings. The first kappa shape index (κ1) is 23.2. The lowest BCUT2D eigenvalue weighted by Crippen LogP contribution is -2.14. The number of nitro benzene ring substituents is 1. The molecule has 0 spiro atoms. The molecule has 0 radical (unpaired) electrons. The second kappa shape index (κ2) is 10.6. The maximum Gasteiger partial charge on any atom is 0.294 e. The lowest BCUT2D eigenvalue weighted by atomic mass is 10.1. The third-order valence-electron chi connectivity index (χ3n) is 3.70. The van der Waals surface area contributed by atoms with E-state index in [4.69, 9.17) is 21.1 Å². The first-order valence-corrected chi connectivity index (χ1v) is 9.94. The Labute approximate surface area is 186 Å². The van der Waals surface area contributed by atoms with Crippen LogP contribution < -0.4 is 14.8 Å². The van der Waals surface area contributed by atoms with Crippen molar-refractivity contribution in [3.63, 3.8) is 0 Å². The van der Waals surface area contributed by atoms with E-state index in [1.165, 1.54) is 18.2 Å². The van der Waals surface area contributed by atoms with Crippen LogP contribution in [-0.2, 0) is 4.79 Å². The van der Waals surface area contributed by atoms with Gasteiger partial charge >= 0.3 is 0 Å². The molecule has 1 amide bonds. The molecule has 10 heteroatoms. The summed E-state index contributed by atoms with van der Waals surface area (Å²) in [6.45, 7) is 4.48. The van der Waals surface area contributed by atoms with Crippen LogP contribution in [0.15, 0.2) is 40.4 Å². The van der Waals surface area contributed by atoms with Crippen molar-refractivity contribution >= 4 is 50.9 Å². The van der Waals surface area contributed by atoms with E-state index >= 15 is 0 Å². The highest BCUT2D eigenvalue weighted by molar-refractivity contribution is 9.10. The van der Waals surface area contributed by atoms with E-state index in [1.807, 2.05) is 19.9 Å². The van der Waals surface area contributed by atoms with Crippen LogP contribution in [0.5, 0.6) is 11.5 Å². The van der Waals surface area contributed by atoms with Gasteiger partial charge < -0.3 is 14.8 Å². The van der Waals surface area contributed by atoms with Crippen molar-refractivity contribution in [3.05, 3.63) is 61.1 Å². The van der Waals surface area contributed by atoms with Crippen molar-refractivity contribution in [3.8, 4) is 17.6 Å². The van der Waals surface area contributed by atoms with Gasteiger partial charge in [-0.15, -0.1) is 0 Å². The maximum absolute atomic E-state index is 12.5. The molecule has 2 aromatic rings. The van der Waals surface area contributed by atoms with Gasteiger partial charge in [0.15, 0.2) is 11.5 Å². The van der Waals surface area contributed by atoms with Crippen LogP contribution in [0, 0.1) is 21.4 Å². The zero-order valence-corrected chi connectivity index (χ0v) is 18.4. The quantitative estimate of drug-likeness (QED) is 0.229. The summed E-state index contributed by atoms with van der Waals surface area (Å²) >= 11 is 9.18. The number of benzene rings is 2. The summed E-state index contributed by atoms with van der Waals surface area (Å²) in [6.07, 6.45) is 1.35. The highest BCUT2D eigenvalue weighted by Crippen LogP contribution is 2.37. The summed E-state index contributed by atoms with van der Waals surface area (Å²) in [4.78, 5) is 23.1. The molecule has 0 aromatic heterocycles. The van der Waals surface area contributed by atoms with Gasteiger partial charge in [0.25, 0.3) is 11.6 Å². The van der Waals surface area contributed by atoms with Crippen LogP contribution in [0.1, 0.15) is 19.4 Å². The summed E-state index contributed by atoms with van der Waals surface area (Å²) in [6, 6.07) is 8.93. The van der Waals surface area contributed by atoms with E-state index in [1.54, 1.807) is 12.1 Å². The molecule has 0 bridgehead atoms. The fourth-order valence-corrected chi connectivity index (χ4v) is 3.23. The van der Waals surface area contributed by atoms with Crippen molar-refractivity contribution in [1.29, 1.82) is 5.26 Å². The zero-order chi connectivity index (χ0) is 22.3. The average molecular weight is 495 g/mol. The molecule has 2 aromatic carbocycles. The minimum Gasteiger partial charge on any atom is -0.490 e. The van der Waals surface area contributed by atoms with Gasteiger partial charge in [-0.05, 0) is 65.7 Å². The predicted molar refractivity (Wildman–Crippen MR) is 117 cm³/mol. The number of amides is 1. The lowest BCUT2D eigenvalue weighted by molar-refractivity contribution is -0.383. The molecule has 8 nitrogen and oxygen atoms in total. The van der Waals surface area contributed by atoms with Crippen LogP contribution in [0.2, 0.25) is 5.02 Å². The normalized spacial score (nSPS) is 10.8. The molecule has 0 fully saturated rings. The van der Waals surface area contributed by atoms with E-state index in [2.05, 4.69) is 21.2 Å². The Balaban J connectivity index is 2.39. The van der Waals surface area contributed by atoms with Gasteiger partial charge in [0.05, 0.1) is 22.6 Å². The van der Waals surface area contributed by atoms with Crippen LogP contribution in [0.3, 0.4) is 0 Å². The first-order valence-electron chi connectivity index (χ1n) is 8.76. The topological polar surface area (TPSA) is 114 Å². The van der Waals surface area contributed by atoms with Crippen LogP contribution in [-0.4, -0.2) is 24.0 Å². The fourth-order valence-electron chi connectivity index (χ4n) is 2.49. The standard InChI is InChI=1S/C20H17BrClN3O5/c1-3-29-18-9-12(8-15(21)19(18)30-4-2)7-13(11-23)20(26)24-16-6-5-14(22)10-17(16)25(27)28/h5-10H,3-4H2,1-2H3,(H,24,26)/b13-7+. The number of carbonyl (C=O) groups excluding carboxylic acids is 1. The molecule has 0 atom stereocenters. The van der Waals surface area contributed by atoms with Gasteiger partial charge in [0, 0.05) is 11.1 Å². The second-order valence-electron chi connectivity index (χ2n) is 5.74. The molecule has 30 heavy (non-hydrogen) atoms. The second-order valence-corrected chi connectivity index (χ2v) is 7.03. The number of nitriles is 1. The third kappa shape index (κ3) is 5.72. The van der Waals surface area contributed by atoms with Crippen LogP contribution in [0.4, 0.5) is 11.4 Å². The maximum atomic E-state index is 12.5. The Hall–Kier alpha value is -3.09. The van der Waals surface area contributed by atoms with Gasteiger partial charge in [0.1, 0.15) is 17.3 Å². The van der Waals surface area contributed by atoms with E-state index < -0.39 is 10.8 Å². The highest BCUT2D eigenvalue weighted by Gasteiger charge is 2.19. The van der Waals surface area contributed by atoms with Gasteiger partial charge in [-0.3, -0.25) is 14.9 Å². The Bertz CT molecular complexity index is 1050. The Morgan fingerprint density at radius 1 is 1.30 bits per heavy atom. The smallest absolute Gasteiger partial charge is 0.294 e. The third-order valence-corrected chi connectivity index (χ3v) is 4.53. The number of nitro groups is 1. The van der Waals surface area contributed by atoms with Crippen molar-refractivity contribution in [2.45, 2.75) is 13.8 Å². The Morgan fingerprint density at radius 3 is 2.60 bits per heavy atom. The predicted octanol–water partition coefficient (Wildman–Crippen LogP) is 5.35. The first-order chi connectivity index (χ1) is 14.3. The molecule has 0 aliphatic heterocycles. The molecular formula is C20H17BrClN3O5. The molecule has 0 saturated heterocycles. The van der Waals surface area contributed by atoms with Gasteiger partial charge in [-0.25, -0.2) is 0 Å². The van der Waals surface area contributed by atoms with Crippen molar-refractivity contribution in [1.82, 2.24) is 0 Å². The molecule has 0 saturated carbocycles. The number of ether oxygens (including phenoxy) is 2. The van der Waals surface area contributed by atoms with E-state index in [0.29, 0.717) is 34.7 Å². The number of carbonyl (C=O) groups is 1. The Kier molecular flexibility index (Phi) is 8.21. The molecule has 156 valence electrons. The summed E-state index contributed by atoms with van der Waals surface area (Å²) in [7, 11) is 0. The van der Waals surface area contributed by atoms with Gasteiger partial charge in [-0.1, -0.05) is 11.6 Å². The number of hydrogen-bond acceptors (Lipinski definition) is 6. The zero-order valence-electron chi connectivity index (χ0n) is 16.1. The molecule has 0 aliphatic carbocycles. The summed E-state index contributed by atoms with van der Waals surface area (Å²) < 4.78 is 11.7. The van der Waals surface area contributed by atoms with Gasteiger partial charge in [0.2, 0.25) is 0 Å². The molecule has 2 rings (SSSR count). The molecule has 0 heterocycles. The number of halogens is 2. The van der Waals surface area contributed by atoms with Crippen molar-refractivity contribution in [2.24, 2.45) is 0 Å². The van der Waals surface area contributed by atoms with Crippen molar-refractivity contribution < 1.29 is 19.2 Å². The fraction of sp³-hybridized carbons (Fsp3) is 0.200. The van der Waals surface area contributed by atoms with Crippen LogP contribution in [0.25, 0.3) is 6.08 Å². The summed E-state index contributed by atoms with van der Waals surface area (Å²) in [5, 5.41) is 23.2. The van der Waals surface area contributed by atoms with Crippen LogP contribution >= 0.6 is 27.5 Å². The van der Waals surface area contributed by atoms with Gasteiger partial charge in [-0.2, -0.15) is 5.26 Å². The minimum atomic E-state index is -0.800. The largest absolute Gasteiger partial charge is 0.490 e. The van der Waals surface area contributed by atoms with E-state index in [9.17, 15) is 20.2 Å². The SMILES string of the molecule is CCOc1cc(/C=C(\C#N)C(=O)Nc2ccc(Cl)cc2[N+](=O)[O-])cc(Br)c1OCC. The minimum absolute atomic E-state index is 0.0709. The average Bonchev–Trinajstić information content (AvgIpc) is 2.70.